The lowest BCUT2D eigenvalue weighted by Crippen LogP contribution is -2.55. The van der Waals surface area contributed by atoms with E-state index in [2.05, 4.69) is 38.4 Å². The monoisotopic (exact) mass is 582 g/mol. The van der Waals surface area contributed by atoms with Gasteiger partial charge in [-0.1, -0.05) is 6.07 Å². The van der Waals surface area contributed by atoms with Crippen LogP contribution in [0.3, 0.4) is 0 Å². The van der Waals surface area contributed by atoms with E-state index in [4.69, 9.17) is 4.74 Å². The van der Waals surface area contributed by atoms with Crippen molar-refractivity contribution in [2.75, 3.05) is 29.9 Å². The van der Waals surface area contributed by atoms with Crippen molar-refractivity contribution in [1.29, 1.82) is 0 Å². The van der Waals surface area contributed by atoms with E-state index in [9.17, 15) is 4.79 Å². The number of anilines is 3. The average Bonchev–Trinajstić information content (AvgIpc) is 3.42. The molecular weight excluding hydrogens is 547 g/mol. The van der Waals surface area contributed by atoms with Gasteiger partial charge in [0, 0.05) is 37.6 Å². The molecule has 0 aliphatic carbocycles. The lowest BCUT2D eigenvalue weighted by Gasteiger charge is -2.41. The Labute approximate surface area is 249 Å². The van der Waals surface area contributed by atoms with Gasteiger partial charge in [-0.3, -0.25) is 0 Å². The SMILES string of the molecule is Cc1cc(Nc2ncnc3ccc(N4CCN(C(=O)OC(C)(C)C)[C@H](C)C4)c(F)c23)ccc1Cc1ccn2ncnc2c1. The average molecular weight is 583 g/mol. The van der Waals surface area contributed by atoms with E-state index in [1.807, 2.05) is 69.1 Å². The zero-order valence-corrected chi connectivity index (χ0v) is 25.0. The molecule has 10 nitrogen and oxygen atoms in total. The quantitative estimate of drug-likeness (QED) is 0.273. The standard InChI is InChI=1S/C32H35FN8O2/c1-20-14-24(7-6-23(20)15-22-10-11-41-27(16-22)35-19-37-41)38-30-28-25(34-18-36-30)8-9-26(29(28)33)39-12-13-40(21(2)17-39)31(42)43-32(3,4)5/h6-11,14,16,18-19,21H,12-13,15,17H2,1-5H3,(H,34,36,38)/t21-/m1/s1. The Kier molecular flexibility index (Phi) is 7.33. The predicted molar refractivity (Wildman–Crippen MR) is 164 cm³/mol. The molecule has 1 aliphatic rings. The first-order valence-electron chi connectivity index (χ1n) is 14.4. The van der Waals surface area contributed by atoms with Crippen molar-refractivity contribution >= 4 is 39.8 Å². The molecule has 5 aromatic rings. The number of ether oxygens (including phenoxy) is 1. The van der Waals surface area contributed by atoms with Gasteiger partial charge in [0.2, 0.25) is 0 Å². The van der Waals surface area contributed by atoms with Crippen LogP contribution in [0.2, 0.25) is 0 Å². The molecule has 0 spiro atoms. The van der Waals surface area contributed by atoms with Crippen LogP contribution in [0.5, 0.6) is 0 Å². The molecule has 3 aromatic heterocycles. The molecule has 1 N–H and O–H groups in total. The first kappa shape index (κ1) is 28.3. The highest BCUT2D eigenvalue weighted by atomic mass is 19.1. The van der Waals surface area contributed by atoms with Gasteiger partial charge in [-0.15, -0.1) is 0 Å². The number of halogens is 1. The Morgan fingerprint density at radius 1 is 1.07 bits per heavy atom. The summed E-state index contributed by atoms with van der Waals surface area (Å²) in [6, 6.07) is 13.6. The van der Waals surface area contributed by atoms with Crippen LogP contribution in [0.4, 0.5) is 26.4 Å². The minimum Gasteiger partial charge on any atom is -0.444 e. The van der Waals surface area contributed by atoms with Crippen LogP contribution in [0.1, 0.15) is 44.4 Å². The van der Waals surface area contributed by atoms with E-state index in [1.54, 1.807) is 21.8 Å². The number of rotatable bonds is 5. The molecule has 43 heavy (non-hydrogen) atoms. The second-order valence-electron chi connectivity index (χ2n) is 12.0. The number of hydrogen-bond donors (Lipinski definition) is 1. The van der Waals surface area contributed by atoms with Gasteiger partial charge in [0.05, 0.1) is 16.6 Å². The number of benzene rings is 2. The molecule has 0 bridgehead atoms. The number of pyridine rings is 1. The van der Waals surface area contributed by atoms with Crippen molar-refractivity contribution in [1.82, 2.24) is 29.5 Å². The first-order chi connectivity index (χ1) is 20.6. The van der Waals surface area contributed by atoms with Crippen LogP contribution >= 0.6 is 0 Å². The molecule has 1 atom stereocenters. The zero-order chi connectivity index (χ0) is 30.3. The third-order valence-corrected chi connectivity index (χ3v) is 7.66. The van der Waals surface area contributed by atoms with Gasteiger partial charge in [0.25, 0.3) is 0 Å². The summed E-state index contributed by atoms with van der Waals surface area (Å²) in [5.41, 5.74) is 5.42. The topological polar surface area (TPSA) is 101 Å². The molecule has 0 radical (unpaired) electrons. The smallest absolute Gasteiger partial charge is 0.410 e. The van der Waals surface area contributed by atoms with Gasteiger partial charge in [-0.05, 0) is 94.1 Å². The fourth-order valence-electron chi connectivity index (χ4n) is 5.50. The third kappa shape index (κ3) is 5.93. The van der Waals surface area contributed by atoms with E-state index >= 15 is 4.39 Å². The van der Waals surface area contributed by atoms with Crippen molar-refractivity contribution in [3.05, 3.63) is 83.8 Å². The lowest BCUT2D eigenvalue weighted by molar-refractivity contribution is 0.0159. The number of carbonyl (C=O) groups excluding carboxylic acids is 1. The number of piperazine rings is 1. The second kappa shape index (κ2) is 11.1. The Hall–Kier alpha value is -4.80. The van der Waals surface area contributed by atoms with E-state index in [0.29, 0.717) is 42.0 Å². The summed E-state index contributed by atoms with van der Waals surface area (Å²) in [6.07, 6.45) is 5.29. The van der Waals surface area contributed by atoms with Crippen molar-refractivity contribution < 1.29 is 13.9 Å². The first-order valence-corrected chi connectivity index (χ1v) is 14.4. The number of carbonyl (C=O) groups is 1. The predicted octanol–water partition coefficient (Wildman–Crippen LogP) is 5.90. The van der Waals surface area contributed by atoms with Gasteiger partial charge in [-0.2, -0.15) is 5.10 Å². The van der Waals surface area contributed by atoms with E-state index in [-0.39, 0.29) is 12.1 Å². The van der Waals surface area contributed by atoms with Crippen molar-refractivity contribution in [3.8, 4) is 0 Å². The largest absolute Gasteiger partial charge is 0.444 e. The van der Waals surface area contributed by atoms with Crippen LogP contribution in [0.15, 0.2) is 61.3 Å². The molecule has 11 heteroatoms. The van der Waals surface area contributed by atoms with Crippen molar-refractivity contribution in [2.24, 2.45) is 0 Å². The molecule has 0 saturated carbocycles. The van der Waals surface area contributed by atoms with Crippen LogP contribution in [-0.4, -0.2) is 66.8 Å². The molecule has 2 aromatic carbocycles. The number of fused-ring (bicyclic) bond motifs is 2. The number of aromatic nitrogens is 5. The lowest BCUT2D eigenvalue weighted by atomic mass is 10.0. The second-order valence-corrected chi connectivity index (χ2v) is 12.0. The summed E-state index contributed by atoms with van der Waals surface area (Å²) in [5, 5.41) is 7.80. The van der Waals surface area contributed by atoms with Crippen molar-refractivity contribution in [3.63, 3.8) is 0 Å². The zero-order valence-electron chi connectivity index (χ0n) is 25.0. The van der Waals surface area contributed by atoms with E-state index in [1.165, 1.54) is 11.9 Å². The summed E-state index contributed by atoms with van der Waals surface area (Å²) in [4.78, 5) is 29.4. The molecule has 6 rings (SSSR count). The number of aryl methyl sites for hydroxylation is 1. The van der Waals surface area contributed by atoms with E-state index < -0.39 is 11.4 Å². The Balaban J connectivity index is 1.21. The fraction of sp³-hybridized carbons (Fsp3) is 0.344. The van der Waals surface area contributed by atoms with Gasteiger partial charge < -0.3 is 19.9 Å². The summed E-state index contributed by atoms with van der Waals surface area (Å²) in [6.45, 7) is 10.9. The van der Waals surface area contributed by atoms with Gasteiger partial charge in [-0.25, -0.2) is 28.7 Å². The summed E-state index contributed by atoms with van der Waals surface area (Å²) in [5.74, 6) is 0.00457. The Bertz CT molecular complexity index is 1820. The summed E-state index contributed by atoms with van der Waals surface area (Å²) >= 11 is 0. The fourth-order valence-corrected chi connectivity index (χ4v) is 5.50. The maximum atomic E-state index is 16.2. The highest BCUT2D eigenvalue weighted by Crippen LogP contribution is 2.33. The molecule has 222 valence electrons. The maximum absolute atomic E-state index is 16.2. The molecular formula is C32H35FN8O2. The third-order valence-electron chi connectivity index (χ3n) is 7.66. The van der Waals surface area contributed by atoms with Gasteiger partial charge in [0.15, 0.2) is 11.5 Å². The summed E-state index contributed by atoms with van der Waals surface area (Å²) in [7, 11) is 0. The molecule has 4 heterocycles. The molecule has 1 fully saturated rings. The van der Waals surface area contributed by atoms with Crippen LogP contribution in [-0.2, 0) is 11.2 Å². The van der Waals surface area contributed by atoms with E-state index in [0.717, 1.165) is 28.9 Å². The molecule has 1 aliphatic heterocycles. The van der Waals surface area contributed by atoms with Crippen LogP contribution in [0.25, 0.3) is 16.6 Å². The minimum atomic E-state index is -0.575. The Morgan fingerprint density at radius 2 is 1.91 bits per heavy atom. The van der Waals surface area contributed by atoms with Gasteiger partial charge >= 0.3 is 6.09 Å². The van der Waals surface area contributed by atoms with Crippen LogP contribution < -0.4 is 10.2 Å². The van der Waals surface area contributed by atoms with Crippen LogP contribution in [0, 0.1) is 12.7 Å². The highest BCUT2D eigenvalue weighted by molar-refractivity contribution is 5.94. The number of nitrogens with one attached hydrogen (secondary N) is 1. The number of amides is 1. The maximum Gasteiger partial charge on any atom is 0.410 e. The number of nitrogens with zero attached hydrogens (tertiary/aromatic N) is 7. The molecule has 1 saturated heterocycles. The van der Waals surface area contributed by atoms with Crippen molar-refractivity contribution in [2.45, 2.75) is 52.7 Å². The number of hydrogen-bond acceptors (Lipinski definition) is 8. The summed E-state index contributed by atoms with van der Waals surface area (Å²) < 4.78 is 23.5. The highest BCUT2D eigenvalue weighted by Gasteiger charge is 2.32. The van der Waals surface area contributed by atoms with Gasteiger partial charge in [0.1, 0.15) is 24.1 Å². The molecule has 1 amide bonds. The molecule has 0 unspecified atom stereocenters. The minimum absolute atomic E-state index is 0.150. The normalized spacial score (nSPS) is 15.7. The Morgan fingerprint density at radius 3 is 2.67 bits per heavy atom.